The Kier molecular flexibility index (Phi) is 10.5. The van der Waals surface area contributed by atoms with Crippen LogP contribution in [0.5, 0.6) is 0 Å². The molecule has 7 heteroatoms. The molecule has 2 unspecified atom stereocenters. The highest BCUT2D eigenvalue weighted by atomic mass is 32.2. The minimum atomic E-state index is 0.0382. The van der Waals surface area contributed by atoms with Gasteiger partial charge in [-0.1, -0.05) is 18.5 Å². The summed E-state index contributed by atoms with van der Waals surface area (Å²) in [6, 6.07) is 0. The number of hydrogen-bond donors (Lipinski definition) is 2. The minimum Gasteiger partial charge on any atom is -0.512 e. The van der Waals surface area contributed by atoms with Crippen LogP contribution in [0.1, 0.15) is 71.6 Å². The average molecular weight is 438 g/mol. The standard InChI is InChI=1S/C17H27NO3S.C6H8O2/c1-3-6-14(18-21-4-2)17-15(19)9-13(10-16(17)20)12-7-5-8-22-11-12;7-5-2-1-3-6(8)4-5/h12-13,19H,3-11H2,1-2H3;4,7H,1-3H2. The van der Waals surface area contributed by atoms with Crippen LogP contribution in [0.2, 0.25) is 0 Å². The number of carbonyl (C=O) groups excluding carboxylic acids is 2. The van der Waals surface area contributed by atoms with E-state index in [4.69, 9.17) is 9.94 Å². The summed E-state index contributed by atoms with van der Waals surface area (Å²) >= 11 is 1.97. The molecule has 1 heterocycles. The molecule has 168 valence electrons. The van der Waals surface area contributed by atoms with Gasteiger partial charge >= 0.3 is 0 Å². The molecule has 2 N–H and O–H groups in total. The maximum absolute atomic E-state index is 12.6. The Morgan fingerprint density at radius 2 is 1.97 bits per heavy atom. The topological polar surface area (TPSA) is 96.2 Å². The molecule has 3 rings (SSSR count). The van der Waals surface area contributed by atoms with Crippen molar-refractivity contribution in [3.63, 3.8) is 0 Å². The Labute approximate surface area is 183 Å². The molecule has 3 aliphatic rings. The van der Waals surface area contributed by atoms with Crippen molar-refractivity contribution >= 4 is 29.0 Å². The number of ketones is 2. The fourth-order valence-corrected chi connectivity index (χ4v) is 5.37. The smallest absolute Gasteiger partial charge is 0.168 e. The highest BCUT2D eigenvalue weighted by Crippen LogP contribution is 2.38. The first kappa shape index (κ1) is 24.5. The quantitative estimate of drug-likeness (QED) is 0.433. The molecule has 1 saturated heterocycles. The third kappa shape index (κ3) is 7.49. The van der Waals surface area contributed by atoms with Gasteiger partial charge in [-0.25, -0.2) is 0 Å². The SMILES string of the molecule is CCCC(=NOCC)C1=C(O)CC(C2CCCSC2)CC1=O.O=C1C=C(O)CCC1. The first-order chi connectivity index (χ1) is 14.5. The van der Waals surface area contributed by atoms with Crippen molar-refractivity contribution in [3.05, 3.63) is 23.2 Å². The summed E-state index contributed by atoms with van der Waals surface area (Å²) in [7, 11) is 0. The van der Waals surface area contributed by atoms with E-state index in [1.807, 2.05) is 25.6 Å². The van der Waals surface area contributed by atoms with Crippen molar-refractivity contribution in [1.29, 1.82) is 0 Å². The van der Waals surface area contributed by atoms with Crippen LogP contribution in [-0.4, -0.2) is 45.6 Å². The van der Waals surface area contributed by atoms with E-state index in [0.29, 0.717) is 61.8 Å². The molecule has 0 aromatic heterocycles. The molecule has 2 aliphatic carbocycles. The minimum absolute atomic E-state index is 0.0382. The Morgan fingerprint density at radius 1 is 1.17 bits per heavy atom. The molecule has 0 aromatic carbocycles. The Bertz CT molecular complexity index is 692. The van der Waals surface area contributed by atoms with Crippen LogP contribution in [0, 0.1) is 11.8 Å². The number of oxime groups is 1. The molecule has 0 amide bonds. The molecule has 30 heavy (non-hydrogen) atoms. The largest absolute Gasteiger partial charge is 0.512 e. The predicted octanol–water partition coefficient (Wildman–Crippen LogP) is 5.29. The van der Waals surface area contributed by atoms with Crippen molar-refractivity contribution in [2.24, 2.45) is 17.0 Å². The van der Waals surface area contributed by atoms with Gasteiger partial charge in [0.2, 0.25) is 0 Å². The van der Waals surface area contributed by atoms with Crippen molar-refractivity contribution < 1.29 is 24.6 Å². The molecule has 6 nitrogen and oxygen atoms in total. The van der Waals surface area contributed by atoms with Crippen molar-refractivity contribution in [1.82, 2.24) is 0 Å². The number of Topliss-reactive ketones (excluding diaryl/α,β-unsaturated/α-hetero) is 1. The molecule has 0 bridgehead atoms. The van der Waals surface area contributed by atoms with Gasteiger partial charge in [-0.2, -0.15) is 11.8 Å². The van der Waals surface area contributed by atoms with Crippen molar-refractivity contribution in [2.75, 3.05) is 18.1 Å². The summed E-state index contributed by atoms with van der Waals surface area (Å²) < 4.78 is 0. The lowest BCUT2D eigenvalue weighted by atomic mass is 9.76. The normalized spacial score (nSPS) is 25.4. The van der Waals surface area contributed by atoms with Gasteiger partial charge in [0.05, 0.1) is 17.0 Å². The van der Waals surface area contributed by atoms with E-state index in [-0.39, 0.29) is 23.1 Å². The fourth-order valence-electron chi connectivity index (χ4n) is 4.09. The van der Waals surface area contributed by atoms with Gasteiger partial charge in [0.15, 0.2) is 11.6 Å². The van der Waals surface area contributed by atoms with Crippen LogP contribution in [-0.2, 0) is 14.4 Å². The molecular formula is C23H35NO5S. The average Bonchev–Trinajstić information content (AvgIpc) is 2.72. The Balaban J connectivity index is 0.000000335. The van der Waals surface area contributed by atoms with Crippen LogP contribution < -0.4 is 0 Å². The van der Waals surface area contributed by atoms with Gasteiger partial charge in [-0.05, 0) is 55.9 Å². The summed E-state index contributed by atoms with van der Waals surface area (Å²) in [4.78, 5) is 28.1. The summed E-state index contributed by atoms with van der Waals surface area (Å²) in [6.07, 6.45) is 8.49. The zero-order valence-electron chi connectivity index (χ0n) is 18.2. The van der Waals surface area contributed by atoms with Crippen molar-refractivity contribution in [3.8, 4) is 0 Å². The van der Waals surface area contributed by atoms with Gasteiger partial charge in [-0.3, -0.25) is 9.59 Å². The second-order valence-electron chi connectivity index (χ2n) is 8.05. The first-order valence-electron chi connectivity index (χ1n) is 11.1. The zero-order valence-corrected chi connectivity index (χ0v) is 19.0. The molecule has 2 atom stereocenters. The van der Waals surface area contributed by atoms with E-state index in [2.05, 4.69) is 5.16 Å². The lowest BCUT2D eigenvalue weighted by Crippen LogP contribution is -2.30. The molecule has 1 fully saturated rings. The highest BCUT2D eigenvalue weighted by Gasteiger charge is 2.35. The number of aliphatic hydroxyl groups is 2. The van der Waals surface area contributed by atoms with Crippen LogP contribution in [0.3, 0.4) is 0 Å². The second-order valence-corrected chi connectivity index (χ2v) is 9.20. The van der Waals surface area contributed by atoms with Crippen LogP contribution in [0.4, 0.5) is 0 Å². The number of carbonyl (C=O) groups is 2. The van der Waals surface area contributed by atoms with E-state index < -0.39 is 0 Å². The van der Waals surface area contributed by atoms with Crippen molar-refractivity contribution in [2.45, 2.75) is 71.6 Å². The number of nitrogens with zero attached hydrogens (tertiary/aromatic N) is 1. The second kappa shape index (κ2) is 12.8. The Hall–Kier alpha value is -1.76. The first-order valence-corrected chi connectivity index (χ1v) is 12.3. The van der Waals surface area contributed by atoms with E-state index >= 15 is 0 Å². The summed E-state index contributed by atoms with van der Waals surface area (Å²) in [5.74, 6) is 3.75. The van der Waals surface area contributed by atoms with E-state index in [1.54, 1.807) is 0 Å². The summed E-state index contributed by atoms with van der Waals surface area (Å²) in [5.41, 5.74) is 1.04. The molecule has 0 aromatic rings. The monoisotopic (exact) mass is 437 g/mol. The van der Waals surface area contributed by atoms with Gasteiger partial charge in [0.25, 0.3) is 0 Å². The fraction of sp³-hybridized carbons (Fsp3) is 0.696. The maximum atomic E-state index is 12.6. The predicted molar refractivity (Wildman–Crippen MR) is 121 cm³/mol. The number of thioether (sulfide) groups is 1. The molecule has 0 radical (unpaired) electrons. The lowest BCUT2D eigenvalue weighted by molar-refractivity contribution is -0.117. The van der Waals surface area contributed by atoms with Gasteiger partial charge in [0.1, 0.15) is 12.4 Å². The Morgan fingerprint density at radius 3 is 2.50 bits per heavy atom. The highest BCUT2D eigenvalue weighted by molar-refractivity contribution is 7.99. The lowest BCUT2D eigenvalue weighted by Gasteiger charge is -2.32. The third-order valence-corrected chi connectivity index (χ3v) is 6.84. The molecule has 0 spiro atoms. The number of allylic oxidation sites excluding steroid dienone is 4. The summed E-state index contributed by atoms with van der Waals surface area (Å²) in [6.45, 7) is 4.37. The number of aliphatic hydroxyl groups excluding tert-OH is 2. The maximum Gasteiger partial charge on any atom is 0.168 e. The van der Waals surface area contributed by atoms with E-state index in [1.165, 1.54) is 24.7 Å². The number of hydrogen-bond acceptors (Lipinski definition) is 7. The van der Waals surface area contributed by atoms with Crippen LogP contribution >= 0.6 is 11.8 Å². The molecule has 0 saturated carbocycles. The molecule has 1 aliphatic heterocycles. The third-order valence-electron chi connectivity index (χ3n) is 5.60. The zero-order chi connectivity index (χ0) is 21.9. The van der Waals surface area contributed by atoms with Gasteiger partial charge in [0, 0.05) is 31.8 Å². The van der Waals surface area contributed by atoms with Crippen LogP contribution in [0.15, 0.2) is 28.3 Å². The van der Waals surface area contributed by atoms with E-state index in [9.17, 15) is 14.7 Å². The van der Waals surface area contributed by atoms with Crippen LogP contribution in [0.25, 0.3) is 0 Å². The van der Waals surface area contributed by atoms with Gasteiger partial charge < -0.3 is 15.1 Å². The molecular weight excluding hydrogens is 402 g/mol. The summed E-state index contributed by atoms with van der Waals surface area (Å²) in [5, 5.41) is 23.2. The number of rotatable bonds is 6. The van der Waals surface area contributed by atoms with E-state index in [0.717, 1.165) is 18.6 Å². The van der Waals surface area contributed by atoms with Gasteiger partial charge in [-0.15, -0.1) is 0 Å².